The minimum absolute atomic E-state index is 0.833. The monoisotopic (exact) mass is 604 g/mol. The third kappa shape index (κ3) is 7.08. The van der Waals surface area contributed by atoms with Crippen molar-refractivity contribution < 1.29 is 9.47 Å². The molecule has 6 rings (SSSR count). The quantitative estimate of drug-likeness (QED) is 0.147. The normalized spacial score (nSPS) is 10.8. The first-order valence-corrected chi connectivity index (χ1v) is 15.7. The van der Waals surface area contributed by atoms with E-state index < -0.39 is 0 Å². The molecule has 0 spiro atoms. The molecule has 0 saturated heterocycles. The average molecular weight is 605 g/mol. The maximum absolute atomic E-state index is 5.40. The van der Waals surface area contributed by atoms with Crippen molar-refractivity contribution >= 4 is 34.1 Å². The molecule has 0 bridgehead atoms. The van der Waals surface area contributed by atoms with Gasteiger partial charge in [-0.05, 0) is 135 Å². The molecule has 6 aromatic rings. The molecule has 4 heteroatoms. The number of anilines is 6. The molecule has 0 heterocycles. The van der Waals surface area contributed by atoms with Gasteiger partial charge in [-0.3, -0.25) is 0 Å². The lowest BCUT2D eigenvalue weighted by Crippen LogP contribution is -2.10. The topological polar surface area (TPSA) is 24.9 Å². The summed E-state index contributed by atoms with van der Waals surface area (Å²) >= 11 is 0. The number of rotatable bonds is 11. The summed E-state index contributed by atoms with van der Waals surface area (Å²) in [6.45, 7) is 4.25. The van der Waals surface area contributed by atoms with E-state index in [0.717, 1.165) is 58.5 Å². The molecule has 0 amide bonds. The highest BCUT2D eigenvalue weighted by Gasteiger charge is 2.14. The largest absolute Gasteiger partial charge is 0.497 e. The van der Waals surface area contributed by atoms with Crippen LogP contribution in [0.15, 0.2) is 146 Å². The number of benzene rings is 6. The third-order valence-electron chi connectivity index (χ3n) is 8.34. The molecule has 6 aromatic carbocycles. The van der Waals surface area contributed by atoms with Crippen LogP contribution in [0.3, 0.4) is 0 Å². The molecule has 0 saturated carbocycles. The van der Waals surface area contributed by atoms with Gasteiger partial charge in [0.2, 0.25) is 0 Å². The number of hydrogen-bond donors (Lipinski definition) is 0. The Morgan fingerprint density at radius 1 is 0.348 bits per heavy atom. The van der Waals surface area contributed by atoms with Gasteiger partial charge in [-0.1, -0.05) is 59.7 Å². The number of ether oxygens (including phenoxy) is 2. The van der Waals surface area contributed by atoms with Crippen LogP contribution in [0.2, 0.25) is 0 Å². The summed E-state index contributed by atoms with van der Waals surface area (Å²) in [5.41, 5.74) is 11.8. The zero-order chi connectivity index (χ0) is 31.9. The average Bonchev–Trinajstić information content (AvgIpc) is 3.11. The smallest absolute Gasteiger partial charge is 0.119 e. The third-order valence-corrected chi connectivity index (χ3v) is 8.34. The second-order valence-electron chi connectivity index (χ2n) is 11.6. The van der Waals surface area contributed by atoms with Crippen LogP contribution in [0.1, 0.15) is 22.3 Å². The SMILES string of the molecule is COc1ccc(N(c2ccc(CCc3ccc(N(c4ccc(C)cc4)c4ccc(C)cc4)cc3)cc2)c2ccc(OC)cc2)cc1. The fourth-order valence-electron chi connectivity index (χ4n) is 5.66. The highest BCUT2D eigenvalue weighted by molar-refractivity contribution is 5.78. The number of hydrogen-bond acceptors (Lipinski definition) is 4. The molecule has 0 aliphatic carbocycles. The van der Waals surface area contributed by atoms with E-state index in [-0.39, 0.29) is 0 Å². The van der Waals surface area contributed by atoms with Crippen molar-refractivity contribution in [2.24, 2.45) is 0 Å². The van der Waals surface area contributed by atoms with Gasteiger partial charge in [-0.2, -0.15) is 0 Å². The van der Waals surface area contributed by atoms with E-state index >= 15 is 0 Å². The van der Waals surface area contributed by atoms with Gasteiger partial charge < -0.3 is 19.3 Å². The van der Waals surface area contributed by atoms with Gasteiger partial charge in [0.15, 0.2) is 0 Å². The molecule has 0 aliphatic rings. The standard InChI is InChI=1S/C42H40N2O2/c1-31-5-15-35(16-6-31)43(36-17-7-32(2)8-18-36)37-19-11-33(12-20-37)9-10-34-13-21-38(22-14-34)44(39-23-27-41(45-3)28-24-39)40-25-29-42(46-4)30-26-40/h5-8,11-30H,9-10H2,1-4H3. The maximum Gasteiger partial charge on any atom is 0.119 e. The predicted molar refractivity (Wildman–Crippen MR) is 192 cm³/mol. The fourth-order valence-corrected chi connectivity index (χ4v) is 5.66. The Hall–Kier alpha value is -5.48. The zero-order valence-corrected chi connectivity index (χ0v) is 27.0. The van der Waals surface area contributed by atoms with E-state index in [1.807, 2.05) is 24.3 Å². The molecule has 0 fully saturated rings. The summed E-state index contributed by atoms with van der Waals surface area (Å²) in [5, 5.41) is 0. The van der Waals surface area contributed by atoms with Crippen LogP contribution in [-0.2, 0) is 12.8 Å². The molecule has 0 radical (unpaired) electrons. The van der Waals surface area contributed by atoms with E-state index in [9.17, 15) is 0 Å². The zero-order valence-electron chi connectivity index (χ0n) is 27.0. The molecular weight excluding hydrogens is 564 g/mol. The van der Waals surface area contributed by atoms with E-state index in [2.05, 4.69) is 145 Å². The Labute approximate surface area is 273 Å². The molecule has 230 valence electrons. The Balaban J connectivity index is 1.19. The van der Waals surface area contributed by atoms with Crippen molar-refractivity contribution in [2.75, 3.05) is 24.0 Å². The van der Waals surface area contributed by atoms with Crippen molar-refractivity contribution in [3.63, 3.8) is 0 Å². The summed E-state index contributed by atoms with van der Waals surface area (Å²) < 4.78 is 10.8. The Morgan fingerprint density at radius 3 is 0.848 bits per heavy atom. The lowest BCUT2D eigenvalue weighted by molar-refractivity contribution is 0.415. The summed E-state index contributed by atoms with van der Waals surface area (Å²) in [4.78, 5) is 4.56. The molecule has 46 heavy (non-hydrogen) atoms. The van der Waals surface area contributed by atoms with Crippen LogP contribution in [0.25, 0.3) is 0 Å². The fraction of sp³-hybridized carbons (Fsp3) is 0.143. The summed E-state index contributed by atoms with van der Waals surface area (Å²) in [6.07, 6.45) is 1.93. The number of methoxy groups -OCH3 is 2. The van der Waals surface area contributed by atoms with Crippen LogP contribution in [0.4, 0.5) is 34.1 Å². The second-order valence-corrected chi connectivity index (χ2v) is 11.6. The minimum Gasteiger partial charge on any atom is -0.497 e. The van der Waals surface area contributed by atoms with E-state index in [1.54, 1.807) is 14.2 Å². The molecule has 0 aromatic heterocycles. The van der Waals surface area contributed by atoms with Gasteiger partial charge in [0.25, 0.3) is 0 Å². The first-order chi connectivity index (χ1) is 22.5. The molecule has 0 unspecified atom stereocenters. The first-order valence-electron chi connectivity index (χ1n) is 15.7. The molecule has 0 aliphatic heterocycles. The van der Waals surface area contributed by atoms with Gasteiger partial charge in [0.1, 0.15) is 11.5 Å². The Morgan fingerprint density at radius 2 is 0.587 bits per heavy atom. The summed E-state index contributed by atoms with van der Waals surface area (Å²) in [5.74, 6) is 1.67. The van der Waals surface area contributed by atoms with Gasteiger partial charge in [0.05, 0.1) is 14.2 Å². The lowest BCUT2D eigenvalue weighted by Gasteiger charge is -2.26. The van der Waals surface area contributed by atoms with Gasteiger partial charge in [0, 0.05) is 34.1 Å². The van der Waals surface area contributed by atoms with Crippen molar-refractivity contribution in [2.45, 2.75) is 26.7 Å². The maximum atomic E-state index is 5.40. The van der Waals surface area contributed by atoms with Gasteiger partial charge >= 0.3 is 0 Å². The summed E-state index contributed by atoms with van der Waals surface area (Å²) in [7, 11) is 3.38. The Kier molecular flexibility index (Phi) is 9.35. The van der Waals surface area contributed by atoms with Gasteiger partial charge in [-0.25, -0.2) is 0 Å². The Bertz CT molecular complexity index is 1740. The van der Waals surface area contributed by atoms with Crippen LogP contribution in [-0.4, -0.2) is 14.2 Å². The van der Waals surface area contributed by atoms with Crippen LogP contribution >= 0.6 is 0 Å². The first kappa shape index (κ1) is 30.5. The minimum atomic E-state index is 0.833. The van der Waals surface area contributed by atoms with E-state index in [1.165, 1.54) is 22.3 Å². The van der Waals surface area contributed by atoms with Crippen LogP contribution in [0, 0.1) is 13.8 Å². The molecule has 0 N–H and O–H groups in total. The van der Waals surface area contributed by atoms with E-state index in [0.29, 0.717) is 0 Å². The van der Waals surface area contributed by atoms with E-state index in [4.69, 9.17) is 9.47 Å². The van der Waals surface area contributed by atoms with Crippen LogP contribution in [0.5, 0.6) is 11.5 Å². The molecule has 0 atom stereocenters. The van der Waals surface area contributed by atoms with Gasteiger partial charge in [-0.15, -0.1) is 0 Å². The number of nitrogens with zero attached hydrogens (tertiary/aromatic N) is 2. The highest BCUT2D eigenvalue weighted by atomic mass is 16.5. The number of aryl methyl sites for hydroxylation is 4. The molecular formula is C42H40N2O2. The van der Waals surface area contributed by atoms with Crippen molar-refractivity contribution in [1.82, 2.24) is 0 Å². The lowest BCUT2D eigenvalue weighted by atomic mass is 10.0. The van der Waals surface area contributed by atoms with Crippen LogP contribution < -0.4 is 19.3 Å². The second kappa shape index (κ2) is 14.1. The van der Waals surface area contributed by atoms with Crippen molar-refractivity contribution in [1.29, 1.82) is 0 Å². The summed E-state index contributed by atoms with van der Waals surface area (Å²) in [6, 6.07) is 51.6. The van der Waals surface area contributed by atoms with Crippen molar-refractivity contribution in [3.8, 4) is 11.5 Å². The van der Waals surface area contributed by atoms with Crippen molar-refractivity contribution in [3.05, 3.63) is 168 Å². The highest BCUT2D eigenvalue weighted by Crippen LogP contribution is 2.37. The predicted octanol–water partition coefficient (Wildman–Crippen LogP) is 11.0. The molecule has 4 nitrogen and oxygen atoms in total.